The SMILES string of the molecule is Cc1ccc(-c2[c-]c3ccccc3c3ccccc23)[c-]c1-c1cccc[n+]1C.[B].[Y]. The Morgan fingerprint density at radius 1 is 0.667 bits per heavy atom. The van der Waals surface area contributed by atoms with Crippen molar-refractivity contribution in [2.75, 3.05) is 0 Å². The molecule has 1 aromatic heterocycles. The summed E-state index contributed by atoms with van der Waals surface area (Å²) in [5.74, 6) is 0. The number of aryl methyl sites for hydroxylation is 2. The molecule has 0 fully saturated rings. The van der Waals surface area contributed by atoms with E-state index in [-0.39, 0.29) is 41.1 Å². The molecule has 3 heteroatoms. The van der Waals surface area contributed by atoms with Crippen molar-refractivity contribution < 1.29 is 37.3 Å². The van der Waals surface area contributed by atoms with E-state index in [9.17, 15) is 0 Å². The fourth-order valence-electron chi connectivity index (χ4n) is 3.94. The van der Waals surface area contributed by atoms with Crippen LogP contribution in [0.15, 0.2) is 85.1 Å². The maximum Gasteiger partial charge on any atom is 0.161 e. The number of hydrogen-bond acceptors (Lipinski definition) is 0. The third-order valence-corrected chi connectivity index (χ3v) is 5.41. The summed E-state index contributed by atoms with van der Waals surface area (Å²) in [6.07, 6.45) is 2.08. The van der Waals surface area contributed by atoms with Gasteiger partial charge in [-0.1, -0.05) is 71.8 Å². The molecule has 0 saturated heterocycles. The van der Waals surface area contributed by atoms with Crippen molar-refractivity contribution >= 4 is 30.0 Å². The van der Waals surface area contributed by atoms with Crippen LogP contribution in [-0.2, 0) is 39.8 Å². The quantitative estimate of drug-likeness (QED) is 0.139. The van der Waals surface area contributed by atoms with Gasteiger partial charge in [-0.25, -0.2) is 4.57 Å². The number of aromatic nitrogens is 1. The van der Waals surface area contributed by atoms with E-state index in [0.717, 1.165) is 27.8 Å². The van der Waals surface area contributed by atoms with E-state index >= 15 is 0 Å². The predicted molar refractivity (Wildman–Crippen MR) is 122 cm³/mol. The molecular weight excluding hydrogens is 438 g/mol. The Bertz CT molecular complexity index is 1340. The van der Waals surface area contributed by atoms with Crippen LogP contribution in [0.2, 0.25) is 0 Å². The average Bonchev–Trinajstić information content (AvgIpc) is 2.74. The van der Waals surface area contributed by atoms with Crippen molar-refractivity contribution in [3.05, 3.63) is 103 Å². The van der Waals surface area contributed by atoms with Crippen molar-refractivity contribution in [2.24, 2.45) is 7.05 Å². The van der Waals surface area contributed by atoms with Gasteiger partial charge in [0.2, 0.25) is 0 Å². The van der Waals surface area contributed by atoms with E-state index in [1.54, 1.807) is 0 Å². The Balaban J connectivity index is 0.00000128. The second-order valence-electron chi connectivity index (χ2n) is 7.22. The molecular formula is C27H20BNY-. The predicted octanol–water partition coefficient (Wildman–Crippen LogP) is 5.68. The number of hydrogen-bond donors (Lipinski definition) is 0. The number of nitrogens with zero attached hydrogens (tertiary/aromatic N) is 1. The molecule has 0 N–H and O–H groups in total. The Kier molecular flexibility index (Phi) is 6.91. The third-order valence-electron chi connectivity index (χ3n) is 5.41. The standard InChI is InChI=1S/C27H20N.B.Y/c1-19-14-15-21(17-25(19)27-13-7-8-16-28(27)2)26-18-20-9-3-4-10-22(20)23-11-5-6-12-24(23)26;;/h3-16H,1-2H3;;/q-1;;. The van der Waals surface area contributed by atoms with Gasteiger partial charge in [-0.2, -0.15) is 29.3 Å². The Hall–Kier alpha value is -2.28. The Morgan fingerprint density at radius 2 is 1.33 bits per heavy atom. The first-order valence-corrected chi connectivity index (χ1v) is 9.53. The topological polar surface area (TPSA) is 3.88 Å². The van der Waals surface area contributed by atoms with E-state index in [0.29, 0.717) is 0 Å². The molecule has 1 nitrogen and oxygen atoms in total. The molecule has 0 saturated carbocycles. The molecule has 0 amide bonds. The maximum atomic E-state index is 3.69. The molecule has 0 aliphatic carbocycles. The van der Waals surface area contributed by atoms with Gasteiger partial charge >= 0.3 is 0 Å². The molecule has 0 atom stereocenters. The van der Waals surface area contributed by atoms with Gasteiger partial charge in [0.25, 0.3) is 0 Å². The molecule has 0 aliphatic heterocycles. The Labute approximate surface area is 205 Å². The molecule has 5 rings (SSSR count). The Morgan fingerprint density at radius 3 is 2.10 bits per heavy atom. The van der Waals surface area contributed by atoms with Gasteiger partial charge in [0.15, 0.2) is 6.20 Å². The van der Waals surface area contributed by atoms with Crippen LogP contribution < -0.4 is 4.57 Å². The number of benzene rings is 4. The molecule has 4 radical (unpaired) electrons. The first kappa shape index (κ1) is 22.4. The van der Waals surface area contributed by atoms with Gasteiger partial charge in [0, 0.05) is 47.2 Å². The molecule has 30 heavy (non-hydrogen) atoms. The van der Waals surface area contributed by atoms with Gasteiger partial charge in [0.05, 0.1) is 0 Å². The van der Waals surface area contributed by atoms with Crippen molar-refractivity contribution in [1.82, 2.24) is 0 Å². The van der Waals surface area contributed by atoms with Gasteiger partial charge in [-0.05, 0) is 6.07 Å². The van der Waals surface area contributed by atoms with Crippen molar-refractivity contribution in [3.8, 4) is 22.4 Å². The summed E-state index contributed by atoms with van der Waals surface area (Å²) in [6.45, 7) is 2.14. The summed E-state index contributed by atoms with van der Waals surface area (Å²) >= 11 is 0. The average molecular weight is 458 g/mol. The van der Waals surface area contributed by atoms with Crippen LogP contribution in [0, 0.1) is 19.1 Å². The second-order valence-corrected chi connectivity index (χ2v) is 7.22. The van der Waals surface area contributed by atoms with E-state index in [1.165, 1.54) is 21.7 Å². The van der Waals surface area contributed by atoms with Crippen LogP contribution >= 0.6 is 0 Å². The number of fused-ring (bicyclic) bond motifs is 3. The van der Waals surface area contributed by atoms with Crippen LogP contribution in [0.25, 0.3) is 43.9 Å². The summed E-state index contributed by atoms with van der Waals surface area (Å²) in [5.41, 5.74) is 5.69. The van der Waals surface area contributed by atoms with Crippen LogP contribution in [0.3, 0.4) is 0 Å². The molecule has 0 spiro atoms. The zero-order valence-corrected chi connectivity index (χ0v) is 20.0. The zero-order chi connectivity index (χ0) is 19.1. The fourth-order valence-corrected chi connectivity index (χ4v) is 3.94. The molecule has 5 aromatic rings. The van der Waals surface area contributed by atoms with E-state index in [1.807, 2.05) is 6.07 Å². The van der Waals surface area contributed by atoms with Gasteiger partial charge in [0.1, 0.15) is 12.7 Å². The molecule has 0 aliphatic rings. The normalized spacial score (nSPS) is 10.5. The zero-order valence-electron chi connectivity index (χ0n) is 17.2. The summed E-state index contributed by atoms with van der Waals surface area (Å²) in [6, 6.07) is 35.0. The van der Waals surface area contributed by atoms with Crippen molar-refractivity contribution in [3.63, 3.8) is 0 Å². The van der Waals surface area contributed by atoms with Gasteiger partial charge < -0.3 is 0 Å². The smallest absolute Gasteiger partial charge is 0.161 e. The summed E-state index contributed by atoms with van der Waals surface area (Å²) in [5, 5.41) is 4.85. The second kappa shape index (κ2) is 9.25. The molecule has 140 valence electrons. The van der Waals surface area contributed by atoms with E-state index in [4.69, 9.17) is 0 Å². The molecule has 1 heterocycles. The molecule has 0 unspecified atom stereocenters. The van der Waals surface area contributed by atoms with Crippen molar-refractivity contribution in [2.45, 2.75) is 6.92 Å². The number of rotatable bonds is 2. The molecule has 0 bridgehead atoms. The van der Waals surface area contributed by atoms with Crippen LogP contribution in [0.4, 0.5) is 0 Å². The maximum absolute atomic E-state index is 3.69. The monoisotopic (exact) mass is 458 g/mol. The van der Waals surface area contributed by atoms with Crippen LogP contribution in [0.5, 0.6) is 0 Å². The van der Waals surface area contributed by atoms with E-state index in [2.05, 4.69) is 110 Å². The fraction of sp³-hybridized carbons (Fsp3) is 0.0741. The van der Waals surface area contributed by atoms with Gasteiger partial charge in [-0.15, -0.1) is 28.5 Å². The summed E-state index contributed by atoms with van der Waals surface area (Å²) in [7, 11) is 2.08. The summed E-state index contributed by atoms with van der Waals surface area (Å²) in [4.78, 5) is 0. The van der Waals surface area contributed by atoms with Crippen molar-refractivity contribution in [1.29, 1.82) is 0 Å². The third kappa shape index (κ3) is 3.87. The van der Waals surface area contributed by atoms with Gasteiger partial charge in [-0.3, -0.25) is 0 Å². The summed E-state index contributed by atoms with van der Waals surface area (Å²) < 4.78 is 2.14. The first-order chi connectivity index (χ1) is 13.7. The van der Waals surface area contributed by atoms with Crippen LogP contribution in [0.1, 0.15) is 5.56 Å². The first-order valence-electron chi connectivity index (χ1n) is 9.53. The molecule has 4 aromatic carbocycles. The minimum absolute atomic E-state index is 0. The minimum Gasteiger partial charge on any atom is -0.234 e. The van der Waals surface area contributed by atoms with Crippen LogP contribution in [-0.4, -0.2) is 8.41 Å². The minimum atomic E-state index is 0. The largest absolute Gasteiger partial charge is 0.234 e. The van der Waals surface area contributed by atoms with E-state index < -0.39 is 0 Å². The number of pyridine rings is 1.